The molecule has 4 nitrogen and oxygen atoms in total. The van der Waals surface area contributed by atoms with Crippen molar-refractivity contribution in [2.75, 3.05) is 28.6 Å². The third kappa shape index (κ3) is 4.29. The second kappa shape index (κ2) is 7.71. The van der Waals surface area contributed by atoms with Gasteiger partial charge in [-0.3, -0.25) is 0 Å². The first-order chi connectivity index (χ1) is 11.6. The molecule has 3 rings (SSSR count). The van der Waals surface area contributed by atoms with Gasteiger partial charge < -0.3 is 15.5 Å². The molecule has 0 radical (unpaired) electrons. The average molecular weight is 388 g/mol. The summed E-state index contributed by atoms with van der Waals surface area (Å²) in [5.74, 6) is 0. The lowest BCUT2D eigenvalue weighted by atomic mass is 10.1. The highest BCUT2D eigenvalue weighted by atomic mass is 79.9. The van der Waals surface area contributed by atoms with Gasteiger partial charge in [-0.2, -0.15) is 0 Å². The molecular weight excluding hydrogens is 366 g/mol. The van der Waals surface area contributed by atoms with Crippen LogP contribution in [-0.4, -0.2) is 19.1 Å². The number of carbonyl (C=O) groups is 1. The second-order valence-electron chi connectivity index (χ2n) is 6.16. The van der Waals surface area contributed by atoms with E-state index in [1.807, 2.05) is 37.3 Å². The summed E-state index contributed by atoms with van der Waals surface area (Å²) in [7, 11) is 0. The summed E-state index contributed by atoms with van der Waals surface area (Å²) in [5.41, 5.74) is 3.91. The SMILES string of the molecule is Cc1ccc(NC(=O)Nc2ccc(N3CCCCC3)cc2)c(Br)c1. The van der Waals surface area contributed by atoms with E-state index in [-0.39, 0.29) is 6.03 Å². The normalized spacial score (nSPS) is 14.3. The first-order valence-electron chi connectivity index (χ1n) is 8.31. The number of amides is 2. The number of rotatable bonds is 3. The van der Waals surface area contributed by atoms with E-state index in [4.69, 9.17) is 0 Å². The zero-order chi connectivity index (χ0) is 16.9. The highest BCUT2D eigenvalue weighted by molar-refractivity contribution is 9.10. The largest absolute Gasteiger partial charge is 0.372 e. The van der Waals surface area contributed by atoms with Gasteiger partial charge in [0.15, 0.2) is 0 Å². The number of halogens is 1. The first kappa shape index (κ1) is 16.8. The van der Waals surface area contributed by atoms with E-state index < -0.39 is 0 Å². The lowest BCUT2D eigenvalue weighted by molar-refractivity contribution is 0.262. The van der Waals surface area contributed by atoms with Crippen LogP contribution in [0, 0.1) is 6.92 Å². The number of piperidine rings is 1. The van der Waals surface area contributed by atoms with Crippen LogP contribution in [0.4, 0.5) is 21.9 Å². The summed E-state index contributed by atoms with van der Waals surface area (Å²) in [4.78, 5) is 14.6. The molecule has 0 aromatic heterocycles. The number of hydrogen-bond acceptors (Lipinski definition) is 2. The highest BCUT2D eigenvalue weighted by Gasteiger charge is 2.11. The van der Waals surface area contributed by atoms with Crippen LogP contribution in [0.1, 0.15) is 24.8 Å². The van der Waals surface area contributed by atoms with E-state index in [9.17, 15) is 4.79 Å². The maximum Gasteiger partial charge on any atom is 0.323 e. The minimum Gasteiger partial charge on any atom is -0.372 e. The van der Waals surface area contributed by atoms with Gasteiger partial charge >= 0.3 is 6.03 Å². The van der Waals surface area contributed by atoms with E-state index in [0.717, 1.165) is 34.5 Å². The van der Waals surface area contributed by atoms with Crippen LogP contribution in [0.15, 0.2) is 46.9 Å². The quantitative estimate of drug-likeness (QED) is 0.740. The maximum absolute atomic E-state index is 12.2. The summed E-state index contributed by atoms with van der Waals surface area (Å²) in [6, 6.07) is 13.6. The first-order valence-corrected chi connectivity index (χ1v) is 9.10. The molecule has 0 bridgehead atoms. The van der Waals surface area contributed by atoms with E-state index in [1.165, 1.54) is 24.9 Å². The zero-order valence-corrected chi connectivity index (χ0v) is 15.4. The van der Waals surface area contributed by atoms with Crippen molar-refractivity contribution in [2.24, 2.45) is 0 Å². The predicted molar refractivity (Wildman–Crippen MR) is 104 cm³/mol. The molecule has 0 saturated carbocycles. The van der Waals surface area contributed by atoms with Crippen LogP contribution in [0.2, 0.25) is 0 Å². The number of urea groups is 1. The van der Waals surface area contributed by atoms with Crippen molar-refractivity contribution in [3.8, 4) is 0 Å². The Hall–Kier alpha value is -2.01. The molecular formula is C19H22BrN3O. The molecule has 0 unspecified atom stereocenters. The number of nitrogens with one attached hydrogen (secondary N) is 2. The van der Waals surface area contributed by atoms with Crippen molar-refractivity contribution in [2.45, 2.75) is 26.2 Å². The van der Waals surface area contributed by atoms with Crippen molar-refractivity contribution < 1.29 is 4.79 Å². The monoisotopic (exact) mass is 387 g/mol. The average Bonchev–Trinajstić information content (AvgIpc) is 2.59. The Morgan fingerprint density at radius 2 is 1.71 bits per heavy atom. The minimum atomic E-state index is -0.245. The Kier molecular flexibility index (Phi) is 5.41. The van der Waals surface area contributed by atoms with Crippen LogP contribution in [0.5, 0.6) is 0 Å². The van der Waals surface area contributed by atoms with Crippen LogP contribution in [-0.2, 0) is 0 Å². The summed E-state index contributed by atoms with van der Waals surface area (Å²) in [5, 5.41) is 5.73. The van der Waals surface area contributed by atoms with Crippen molar-refractivity contribution in [1.82, 2.24) is 0 Å². The molecule has 2 N–H and O–H groups in total. The third-order valence-corrected chi connectivity index (χ3v) is 4.88. The third-order valence-electron chi connectivity index (χ3n) is 4.22. The van der Waals surface area contributed by atoms with Gasteiger partial charge in [0.25, 0.3) is 0 Å². The van der Waals surface area contributed by atoms with E-state index in [0.29, 0.717) is 0 Å². The summed E-state index contributed by atoms with van der Waals surface area (Å²) >= 11 is 3.47. The molecule has 1 heterocycles. The van der Waals surface area contributed by atoms with Crippen LogP contribution in [0.25, 0.3) is 0 Å². The van der Waals surface area contributed by atoms with Crippen LogP contribution >= 0.6 is 15.9 Å². The Bertz CT molecular complexity index is 709. The molecule has 1 saturated heterocycles. The zero-order valence-electron chi connectivity index (χ0n) is 13.8. The molecule has 1 aliphatic heterocycles. The fourth-order valence-corrected chi connectivity index (χ4v) is 3.51. The van der Waals surface area contributed by atoms with E-state index in [1.54, 1.807) is 0 Å². The van der Waals surface area contributed by atoms with E-state index >= 15 is 0 Å². The minimum absolute atomic E-state index is 0.245. The summed E-state index contributed by atoms with van der Waals surface area (Å²) in [6.07, 6.45) is 3.84. The smallest absolute Gasteiger partial charge is 0.323 e. The lowest BCUT2D eigenvalue weighted by Crippen LogP contribution is -2.29. The van der Waals surface area contributed by atoms with Crippen molar-refractivity contribution in [3.63, 3.8) is 0 Å². The summed E-state index contributed by atoms with van der Waals surface area (Å²) in [6.45, 7) is 4.25. The van der Waals surface area contributed by atoms with Gasteiger partial charge in [0.2, 0.25) is 0 Å². The predicted octanol–water partition coefficient (Wildman–Crippen LogP) is 5.39. The molecule has 2 aromatic carbocycles. The number of carbonyl (C=O) groups excluding carboxylic acids is 1. The summed E-state index contributed by atoms with van der Waals surface area (Å²) < 4.78 is 0.873. The van der Waals surface area contributed by atoms with Gasteiger partial charge in [0.05, 0.1) is 5.69 Å². The number of hydrogen-bond donors (Lipinski definition) is 2. The van der Waals surface area contributed by atoms with Crippen molar-refractivity contribution >= 4 is 39.0 Å². The second-order valence-corrected chi connectivity index (χ2v) is 7.01. The fraction of sp³-hybridized carbons (Fsp3) is 0.316. The molecule has 0 spiro atoms. The molecule has 2 amide bonds. The standard InChI is InChI=1S/C19H22BrN3O/c1-14-5-10-18(17(20)13-14)22-19(24)21-15-6-8-16(9-7-15)23-11-3-2-4-12-23/h5-10,13H,2-4,11-12H2,1H3,(H2,21,22,24). The van der Waals surface area contributed by atoms with Gasteiger partial charge in [-0.05, 0) is 84.1 Å². The molecule has 126 valence electrons. The van der Waals surface area contributed by atoms with Gasteiger partial charge in [-0.1, -0.05) is 6.07 Å². The number of benzene rings is 2. The van der Waals surface area contributed by atoms with Gasteiger partial charge in [-0.25, -0.2) is 4.79 Å². The molecule has 5 heteroatoms. The molecule has 1 fully saturated rings. The molecule has 2 aromatic rings. The molecule has 1 aliphatic rings. The molecule has 0 atom stereocenters. The van der Waals surface area contributed by atoms with Gasteiger partial charge in [0.1, 0.15) is 0 Å². The van der Waals surface area contributed by atoms with E-state index in [2.05, 4.69) is 43.6 Å². The Labute approximate surface area is 151 Å². The lowest BCUT2D eigenvalue weighted by Gasteiger charge is -2.28. The van der Waals surface area contributed by atoms with Crippen LogP contribution < -0.4 is 15.5 Å². The van der Waals surface area contributed by atoms with Gasteiger partial charge in [-0.15, -0.1) is 0 Å². The molecule has 24 heavy (non-hydrogen) atoms. The number of anilines is 3. The fourth-order valence-electron chi connectivity index (χ4n) is 2.91. The molecule has 0 aliphatic carbocycles. The maximum atomic E-state index is 12.2. The Morgan fingerprint density at radius 3 is 2.38 bits per heavy atom. The number of nitrogens with zero attached hydrogens (tertiary/aromatic N) is 1. The highest BCUT2D eigenvalue weighted by Crippen LogP contribution is 2.24. The van der Waals surface area contributed by atoms with Gasteiger partial charge in [0, 0.05) is 28.9 Å². The van der Waals surface area contributed by atoms with Crippen molar-refractivity contribution in [3.05, 3.63) is 52.5 Å². The Morgan fingerprint density at radius 1 is 1.00 bits per heavy atom. The topological polar surface area (TPSA) is 44.4 Å². The van der Waals surface area contributed by atoms with Crippen molar-refractivity contribution in [1.29, 1.82) is 0 Å². The Balaban J connectivity index is 1.59. The van der Waals surface area contributed by atoms with Crippen LogP contribution in [0.3, 0.4) is 0 Å². The number of aryl methyl sites for hydroxylation is 1.